The summed E-state index contributed by atoms with van der Waals surface area (Å²) in [6.07, 6.45) is 5.23. The van der Waals surface area contributed by atoms with Gasteiger partial charge in [0.15, 0.2) is 23.0 Å². The maximum atomic E-state index is 5.59. The van der Waals surface area contributed by atoms with Gasteiger partial charge in [0.05, 0.1) is 19.9 Å². The highest BCUT2D eigenvalue weighted by atomic mass is 16.7. The van der Waals surface area contributed by atoms with E-state index in [1.54, 1.807) is 14.2 Å². The quantitative estimate of drug-likeness (QED) is 0.778. The Morgan fingerprint density at radius 1 is 0.885 bits per heavy atom. The molecule has 1 aliphatic carbocycles. The molecule has 5 nitrogen and oxygen atoms in total. The van der Waals surface area contributed by atoms with Crippen molar-refractivity contribution >= 4 is 23.5 Å². The summed E-state index contributed by atoms with van der Waals surface area (Å²) in [7, 11) is 5.41. The Morgan fingerprint density at radius 2 is 1.62 bits per heavy atom. The topological polar surface area (TPSA) is 40.2 Å². The number of benzene rings is 2. The van der Waals surface area contributed by atoms with Crippen LogP contribution in [-0.4, -0.2) is 33.0 Å². The maximum absolute atomic E-state index is 5.59. The van der Waals surface area contributed by atoms with Crippen LogP contribution < -0.4 is 39.8 Å². The van der Waals surface area contributed by atoms with Gasteiger partial charge in [-0.2, -0.15) is 0 Å². The molecule has 0 saturated carbocycles. The summed E-state index contributed by atoms with van der Waals surface area (Å²) in [5, 5.41) is 4.64. The van der Waals surface area contributed by atoms with Crippen LogP contribution in [0.2, 0.25) is 0 Å². The molecule has 2 aromatic carbocycles. The fourth-order valence-corrected chi connectivity index (χ4v) is 3.98. The molecule has 5 rings (SSSR count). The van der Waals surface area contributed by atoms with Gasteiger partial charge in [-0.1, -0.05) is 6.08 Å². The van der Waals surface area contributed by atoms with E-state index < -0.39 is 0 Å². The number of hydrogen-bond acceptors (Lipinski definition) is 5. The minimum atomic E-state index is 0.284. The van der Waals surface area contributed by atoms with Crippen molar-refractivity contribution in [2.45, 2.75) is 6.42 Å². The molecular weight excluding hydrogens is 330 g/mol. The summed E-state index contributed by atoms with van der Waals surface area (Å²) in [5.41, 5.74) is 2.47. The van der Waals surface area contributed by atoms with E-state index in [1.165, 1.54) is 21.7 Å². The molecule has 132 valence electrons. The zero-order valence-electron chi connectivity index (χ0n) is 15.0. The van der Waals surface area contributed by atoms with Crippen molar-refractivity contribution in [2.24, 2.45) is 0 Å². The van der Waals surface area contributed by atoms with Gasteiger partial charge in [-0.25, -0.2) is 0 Å². The first-order valence-corrected chi connectivity index (χ1v) is 8.54. The average molecular weight is 349 g/mol. The van der Waals surface area contributed by atoms with Crippen LogP contribution in [0.5, 0.6) is 23.0 Å². The van der Waals surface area contributed by atoms with Crippen LogP contribution >= 0.6 is 0 Å². The first-order chi connectivity index (χ1) is 12.7. The maximum Gasteiger partial charge on any atom is 0.231 e. The predicted octanol–water partition coefficient (Wildman–Crippen LogP) is 0.259. The van der Waals surface area contributed by atoms with Gasteiger partial charge in [0.2, 0.25) is 6.79 Å². The molecule has 0 radical (unpaired) electrons. The third-order valence-corrected chi connectivity index (χ3v) is 5.18. The van der Waals surface area contributed by atoms with Crippen molar-refractivity contribution < 1.29 is 18.9 Å². The molecule has 2 heterocycles. The molecule has 0 saturated heterocycles. The van der Waals surface area contributed by atoms with Crippen LogP contribution in [0.25, 0.3) is 23.5 Å². The number of hydrogen-bond donors (Lipinski definition) is 0. The van der Waals surface area contributed by atoms with Crippen LogP contribution in [0.1, 0.15) is 6.42 Å². The van der Waals surface area contributed by atoms with E-state index in [1.807, 2.05) is 6.07 Å². The molecule has 0 fully saturated rings. The molecule has 2 aliphatic heterocycles. The number of fused-ring (bicyclic) bond motifs is 4. The number of ether oxygens (including phenoxy) is 4. The van der Waals surface area contributed by atoms with Crippen molar-refractivity contribution in [3.05, 3.63) is 45.1 Å². The molecule has 0 bridgehead atoms. The SMILES string of the molecule is COc1cc2c(cc1OC)=C1CC=c3cc4c(cc3=C1N(C)C=2)OCO4. The summed E-state index contributed by atoms with van der Waals surface area (Å²) >= 11 is 0. The van der Waals surface area contributed by atoms with E-state index in [-0.39, 0.29) is 6.79 Å². The van der Waals surface area contributed by atoms with Crippen molar-refractivity contribution in [1.82, 2.24) is 4.90 Å². The van der Waals surface area contributed by atoms with E-state index in [9.17, 15) is 0 Å². The van der Waals surface area contributed by atoms with Crippen molar-refractivity contribution in [2.75, 3.05) is 28.1 Å². The Hall–Kier alpha value is -3.08. The third-order valence-electron chi connectivity index (χ3n) is 5.18. The molecule has 0 amide bonds. The fraction of sp³-hybridized carbons (Fsp3) is 0.238. The van der Waals surface area contributed by atoms with E-state index in [2.05, 4.69) is 42.4 Å². The van der Waals surface area contributed by atoms with E-state index in [0.717, 1.165) is 39.9 Å². The van der Waals surface area contributed by atoms with E-state index in [4.69, 9.17) is 18.9 Å². The smallest absolute Gasteiger partial charge is 0.231 e. The van der Waals surface area contributed by atoms with Crippen LogP contribution in [0.4, 0.5) is 0 Å². The Bertz CT molecular complexity index is 1180. The normalized spacial score (nSPS) is 16.2. The van der Waals surface area contributed by atoms with Gasteiger partial charge < -0.3 is 23.8 Å². The first-order valence-electron chi connectivity index (χ1n) is 8.54. The van der Waals surface area contributed by atoms with Crippen molar-refractivity contribution in [3.63, 3.8) is 0 Å². The highest BCUT2D eigenvalue weighted by molar-refractivity contribution is 5.93. The van der Waals surface area contributed by atoms with Crippen molar-refractivity contribution in [3.8, 4) is 23.0 Å². The summed E-state index contributed by atoms with van der Waals surface area (Å²) in [6.45, 7) is 0.284. The zero-order valence-corrected chi connectivity index (χ0v) is 15.0. The molecular formula is C21H19NO4. The second-order valence-corrected chi connectivity index (χ2v) is 6.56. The second-order valence-electron chi connectivity index (χ2n) is 6.56. The molecule has 2 aromatic rings. The van der Waals surface area contributed by atoms with Gasteiger partial charge in [0, 0.05) is 23.7 Å². The molecule has 0 spiro atoms. The Kier molecular flexibility index (Phi) is 3.19. The molecule has 0 aromatic heterocycles. The van der Waals surface area contributed by atoms with Crippen molar-refractivity contribution in [1.29, 1.82) is 0 Å². The highest BCUT2D eigenvalue weighted by Crippen LogP contribution is 2.31. The lowest BCUT2D eigenvalue weighted by Crippen LogP contribution is -2.42. The van der Waals surface area contributed by atoms with Gasteiger partial charge in [-0.3, -0.25) is 0 Å². The van der Waals surface area contributed by atoms with Gasteiger partial charge >= 0.3 is 0 Å². The lowest BCUT2D eigenvalue weighted by atomic mass is 9.93. The third kappa shape index (κ3) is 2.03. The number of rotatable bonds is 2. The molecule has 0 N–H and O–H groups in total. The van der Waals surface area contributed by atoms with Gasteiger partial charge in [-0.15, -0.1) is 0 Å². The average Bonchev–Trinajstić information content (AvgIpc) is 3.12. The zero-order chi connectivity index (χ0) is 17.8. The van der Waals surface area contributed by atoms with E-state index >= 15 is 0 Å². The van der Waals surface area contributed by atoms with Crippen LogP contribution in [0.15, 0.2) is 24.3 Å². The summed E-state index contributed by atoms with van der Waals surface area (Å²) < 4.78 is 22.1. The summed E-state index contributed by atoms with van der Waals surface area (Å²) in [5.74, 6) is 3.10. The van der Waals surface area contributed by atoms with Crippen LogP contribution in [0, 0.1) is 0 Å². The molecule has 5 heteroatoms. The Balaban J connectivity index is 1.88. The second kappa shape index (κ2) is 5.46. The molecule has 0 unspecified atom stereocenters. The summed E-state index contributed by atoms with van der Waals surface area (Å²) in [4.78, 5) is 2.18. The standard InChI is InChI=1S/C21H19NO4/c1-22-10-13-7-17(23-2)18(24-3)8-15(13)14-5-4-12-6-19-20(26-11-25-19)9-16(12)21(14)22/h4,6-10H,5,11H2,1-3H3. The fourth-order valence-electron chi connectivity index (χ4n) is 3.98. The monoisotopic (exact) mass is 349 g/mol. The van der Waals surface area contributed by atoms with E-state index in [0.29, 0.717) is 0 Å². The Morgan fingerprint density at radius 3 is 2.38 bits per heavy atom. The molecule has 3 aliphatic rings. The predicted molar refractivity (Wildman–Crippen MR) is 98.7 cm³/mol. The Labute approximate surface area is 150 Å². The molecule has 0 atom stereocenters. The van der Waals surface area contributed by atoms with Gasteiger partial charge in [-0.05, 0) is 46.7 Å². The van der Waals surface area contributed by atoms with Crippen LogP contribution in [-0.2, 0) is 0 Å². The highest BCUT2D eigenvalue weighted by Gasteiger charge is 2.22. The minimum Gasteiger partial charge on any atom is -0.493 e. The number of methoxy groups -OCH3 is 2. The van der Waals surface area contributed by atoms with Gasteiger partial charge in [0.1, 0.15) is 0 Å². The van der Waals surface area contributed by atoms with Crippen LogP contribution in [0.3, 0.4) is 0 Å². The lowest BCUT2D eigenvalue weighted by Gasteiger charge is -2.27. The largest absolute Gasteiger partial charge is 0.493 e. The minimum absolute atomic E-state index is 0.284. The van der Waals surface area contributed by atoms with Gasteiger partial charge in [0.25, 0.3) is 0 Å². The summed E-state index contributed by atoms with van der Waals surface area (Å²) in [6, 6.07) is 8.25. The lowest BCUT2D eigenvalue weighted by molar-refractivity contribution is 0.174. The molecule has 26 heavy (non-hydrogen) atoms. The number of nitrogens with zero attached hydrogens (tertiary/aromatic N) is 1. The first kappa shape index (κ1) is 15.2.